The van der Waals surface area contributed by atoms with Gasteiger partial charge in [0.1, 0.15) is 12.1 Å². The lowest BCUT2D eigenvalue weighted by Gasteiger charge is -2.12. The topological polar surface area (TPSA) is 78.4 Å². The van der Waals surface area contributed by atoms with Crippen LogP contribution in [-0.4, -0.2) is 38.9 Å². The van der Waals surface area contributed by atoms with Gasteiger partial charge in [0.15, 0.2) is 9.84 Å². The Morgan fingerprint density at radius 3 is 2.52 bits per heavy atom. The van der Waals surface area contributed by atoms with E-state index in [0.29, 0.717) is 22.8 Å². The Morgan fingerprint density at radius 1 is 1.14 bits per heavy atom. The first-order valence-corrected chi connectivity index (χ1v) is 8.19. The van der Waals surface area contributed by atoms with Gasteiger partial charge in [-0.3, -0.25) is 0 Å². The molecule has 1 heterocycles. The molecule has 6 nitrogen and oxygen atoms in total. The molecule has 112 valence electrons. The van der Waals surface area contributed by atoms with Gasteiger partial charge in [-0.15, -0.1) is 0 Å². The minimum Gasteiger partial charge on any atom is -0.496 e. The van der Waals surface area contributed by atoms with Crippen molar-refractivity contribution < 1.29 is 17.9 Å². The average molecular weight is 308 g/mol. The number of aromatic nitrogens is 2. The summed E-state index contributed by atoms with van der Waals surface area (Å²) in [6, 6.07) is 5.22. The highest BCUT2D eigenvalue weighted by Crippen LogP contribution is 2.35. The van der Waals surface area contributed by atoms with Crippen LogP contribution in [0.15, 0.2) is 30.7 Å². The van der Waals surface area contributed by atoms with Crippen LogP contribution in [0.5, 0.6) is 11.6 Å². The summed E-state index contributed by atoms with van der Waals surface area (Å²) < 4.78 is 33.3. The first kappa shape index (κ1) is 15.2. The van der Waals surface area contributed by atoms with Crippen LogP contribution in [0.25, 0.3) is 11.1 Å². The molecule has 0 N–H and O–H groups in total. The second-order valence-corrected chi connectivity index (χ2v) is 6.69. The highest BCUT2D eigenvalue weighted by atomic mass is 32.2. The third-order valence-electron chi connectivity index (χ3n) is 2.85. The van der Waals surface area contributed by atoms with Gasteiger partial charge in [0.2, 0.25) is 5.88 Å². The van der Waals surface area contributed by atoms with Gasteiger partial charge in [-0.2, -0.15) is 0 Å². The predicted molar refractivity (Wildman–Crippen MR) is 79.1 cm³/mol. The first-order chi connectivity index (χ1) is 9.94. The van der Waals surface area contributed by atoms with Gasteiger partial charge in [-0.05, 0) is 11.6 Å². The van der Waals surface area contributed by atoms with E-state index in [4.69, 9.17) is 9.47 Å². The fraction of sp³-hybridized carbons (Fsp3) is 0.286. The first-order valence-electron chi connectivity index (χ1n) is 6.13. The summed E-state index contributed by atoms with van der Waals surface area (Å²) in [7, 11) is -0.0461. The summed E-state index contributed by atoms with van der Waals surface area (Å²) in [6.45, 7) is 0. The molecule has 0 atom stereocenters. The summed E-state index contributed by atoms with van der Waals surface area (Å²) in [5.74, 6) is 0.940. The number of benzene rings is 1. The van der Waals surface area contributed by atoms with Crippen molar-refractivity contribution in [2.24, 2.45) is 0 Å². The molecule has 0 unspecified atom stereocenters. The molecular formula is C14H16N2O4S. The summed E-state index contributed by atoms with van der Waals surface area (Å²) >= 11 is 0. The van der Waals surface area contributed by atoms with E-state index < -0.39 is 9.84 Å². The van der Waals surface area contributed by atoms with E-state index in [1.807, 2.05) is 0 Å². The molecule has 1 aromatic heterocycles. The van der Waals surface area contributed by atoms with Gasteiger partial charge in [0.25, 0.3) is 0 Å². The van der Waals surface area contributed by atoms with E-state index in [9.17, 15) is 8.42 Å². The molecule has 0 aliphatic rings. The molecule has 0 aliphatic carbocycles. The largest absolute Gasteiger partial charge is 0.496 e. The van der Waals surface area contributed by atoms with E-state index in [0.717, 1.165) is 5.56 Å². The van der Waals surface area contributed by atoms with E-state index in [2.05, 4.69) is 9.97 Å². The summed E-state index contributed by atoms with van der Waals surface area (Å²) in [6.07, 6.45) is 4.22. The molecule has 21 heavy (non-hydrogen) atoms. The second-order valence-electron chi connectivity index (χ2n) is 4.55. The van der Waals surface area contributed by atoms with Gasteiger partial charge >= 0.3 is 0 Å². The Kier molecular flexibility index (Phi) is 4.42. The molecular weight excluding hydrogens is 292 g/mol. The van der Waals surface area contributed by atoms with Crippen LogP contribution in [-0.2, 0) is 15.6 Å². The number of methoxy groups -OCH3 is 2. The lowest BCUT2D eigenvalue weighted by molar-refractivity contribution is 0.396. The second kappa shape index (κ2) is 6.09. The van der Waals surface area contributed by atoms with Gasteiger partial charge in [-0.1, -0.05) is 12.1 Å². The lowest BCUT2D eigenvalue weighted by Crippen LogP contribution is -2.01. The Balaban J connectivity index is 2.50. The third-order valence-corrected chi connectivity index (χ3v) is 3.71. The monoisotopic (exact) mass is 308 g/mol. The zero-order chi connectivity index (χ0) is 15.5. The summed E-state index contributed by atoms with van der Waals surface area (Å²) in [5.41, 5.74) is 2.09. The van der Waals surface area contributed by atoms with Crippen molar-refractivity contribution in [2.45, 2.75) is 5.75 Å². The smallest absolute Gasteiger partial charge is 0.224 e. The molecule has 2 aromatic rings. The standard InChI is InChI=1S/C14H16N2O4S/c1-19-13-6-10(8-21(3,17)18)4-5-11(13)12-7-15-9-16-14(12)20-2/h4-7,9H,8H2,1-3H3. The van der Waals surface area contributed by atoms with Crippen LogP contribution in [0.3, 0.4) is 0 Å². The van der Waals surface area contributed by atoms with Gasteiger partial charge < -0.3 is 9.47 Å². The minimum atomic E-state index is -3.10. The molecule has 0 amide bonds. The third kappa shape index (κ3) is 3.69. The maximum Gasteiger partial charge on any atom is 0.224 e. The number of hydrogen-bond donors (Lipinski definition) is 0. The number of sulfone groups is 1. The van der Waals surface area contributed by atoms with Crippen molar-refractivity contribution in [1.82, 2.24) is 9.97 Å². The van der Waals surface area contributed by atoms with Crippen LogP contribution >= 0.6 is 0 Å². The Hall–Kier alpha value is -2.15. The van der Waals surface area contributed by atoms with Crippen LogP contribution in [0.2, 0.25) is 0 Å². The van der Waals surface area contributed by atoms with E-state index in [-0.39, 0.29) is 5.75 Å². The van der Waals surface area contributed by atoms with Crippen molar-refractivity contribution in [2.75, 3.05) is 20.5 Å². The number of nitrogens with zero attached hydrogens (tertiary/aromatic N) is 2. The van der Waals surface area contributed by atoms with Gasteiger partial charge in [0.05, 0.1) is 25.5 Å². The Morgan fingerprint density at radius 2 is 1.90 bits per heavy atom. The Bertz CT molecular complexity index is 744. The number of rotatable bonds is 5. The molecule has 0 radical (unpaired) electrons. The lowest BCUT2D eigenvalue weighted by atomic mass is 10.1. The molecule has 7 heteroatoms. The van der Waals surface area contributed by atoms with Gasteiger partial charge in [0, 0.05) is 18.0 Å². The van der Waals surface area contributed by atoms with Gasteiger partial charge in [-0.25, -0.2) is 18.4 Å². The fourth-order valence-electron chi connectivity index (χ4n) is 2.02. The van der Waals surface area contributed by atoms with Crippen LogP contribution in [0.4, 0.5) is 0 Å². The minimum absolute atomic E-state index is 0.0357. The maximum atomic E-state index is 11.4. The zero-order valence-corrected chi connectivity index (χ0v) is 12.8. The Labute approximate surface area is 123 Å². The average Bonchev–Trinajstić information content (AvgIpc) is 2.45. The fourth-order valence-corrected chi connectivity index (χ4v) is 2.80. The number of ether oxygens (including phenoxy) is 2. The summed E-state index contributed by atoms with van der Waals surface area (Å²) in [5, 5.41) is 0. The molecule has 0 saturated heterocycles. The van der Waals surface area contributed by atoms with Crippen LogP contribution in [0, 0.1) is 0 Å². The molecule has 0 saturated carbocycles. The zero-order valence-electron chi connectivity index (χ0n) is 12.0. The van der Waals surface area contributed by atoms with E-state index in [1.54, 1.807) is 24.4 Å². The van der Waals surface area contributed by atoms with Crippen molar-refractivity contribution >= 4 is 9.84 Å². The van der Waals surface area contributed by atoms with E-state index >= 15 is 0 Å². The highest BCUT2D eigenvalue weighted by molar-refractivity contribution is 7.89. The van der Waals surface area contributed by atoms with Crippen molar-refractivity contribution in [3.63, 3.8) is 0 Å². The van der Waals surface area contributed by atoms with Crippen LogP contribution < -0.4 is 9.47 Å². The maximum absolute atomic E-state index is 11.4. The predicted octanol–water partition coefficient (Wildman–Crippen LogP) is 1.71. The SMILES string of the molecule is COc1cc(CS(C)(=O)=O)ccc1-c1cncnc1OC. The highest BCUT2D eigenvalue weighted by Gasteiger charge is 2.14. The summed E-state index contributed by atoms with van der Waals surface area (Å²) in [4.78, 5) is 8.03. The van der Waals surface area contributed by atoms with E-state index in [1.165, 1.54) is 26.8 Å². The quantitative estimate of drug-likeness (QED) is 0.836. The molecule has 0 aliphatic heterocycles. The van der Waals surface area contributed by atoms with Crippen molar-refractivity contribution in [1.29, 1.82) is 0 Å². The molecule has 0 spiro atoms. The van der Waals surface area contributed by atoms with Crippen molar-refractivity contribution in [3.05, 3.63) is 36.3 Å². The number of hydrogen-bond acceptors (Lipinski definition) is 6. The molecule has 0 fully saturated rings. The normalized spacial score (nSPS) is 11.2. The molecule has 1 aromatic carbocycles. The molecule has 2 rings (SSSR count). The van der Waals surface area contributed by atoms with Crippen molar-refractivity contribution in [3.8, 4) is 22.8 Å². The van der Waals surface area contributed by atoms with Crippen LogP contribution in [0.1, 0.15) is 5.56 Å². The molecule has 0 bridgehead atoms.